The van der Waals surface area contributed by atoms with Gasteiger partial charge in [0.1, 0.15) is 0 Å². The van der Waals surface area contributed by atoms with Crippen molar-refractivity contribution < 1.29 is 0 Å². The van der Waals surface area contributed by atoms with Crippen LogP contribution >= 0.6 is 0 Å². The number of imidazole rings is 1. The summed E-state index contributed by atoms with van der Waals surface area (Å²) in [6.45, 7) is 5.11. The van der Waals surface area contributed by atoms with Crippen molar-refractivity contribution in [2.45, 2.75) is 39.2 Å². The third-order valence-electron chi connectivity index (χ3n) is 2.66. The summed E-state index contributed by atoms with van der Waals surface area (Å²) in [4.78, 5) is 4.46. The van der Waals surface area contributed by atoms with Crippen molar-refractivity contribution in [1.29, 1.82) is 0 Å². The van der Waals surface area contributed by atoms with Gasteiger partial charge < -0.3 is 9.88 Å². The molecule has 1 heterocycles. The number of anilines is 1. The third-order valence-corrected chi connectivity index (χ3v) is 2.66. The molecule has 0 aromatic carbocycles. The van der Waals surface area contributed by atoms with Crippen LogP contribution in [0.3, 0.4) is 0 Å². The van der Waals surface area contributed by atoms with Gasteiger partial charge in [-0.05, 0) is 33.1 Å². The van der Waals surface area contributed by atoms with Crippen molar-refractivity contribution >= 4 is 5.95 Å². The Labute approximate surface area is 79.2 Å². The molecule has 0 unspecified atom stereocenters. The zero-order chi connectivity index (χ0) is 9.26. The summed E-state index contributed by atoms with van der Waals surface area (Å²) in [7, 11) is 0. The smallest absolute Gasteiger partial charge is 0.203 e. The van der Waals surface area contributed by atoms with Crippen LogP contribution in [0.25, 0.3) is 0 Å². The minimum atomic E-state index is 0.704. The molecule has 1 fully saturated rings. The molecule has 1 aromatic rings. The predicted octanol–water partition coefficient (Wildman–Crippen LogP) is 2.35. The maximum Gasteiger partial charge on any atom is 0.203 e. The Kier molecular flexibility index (Phi) is 2.25. The van der Waals surface area contributed by atoms with Crippen LogP contribution in [0, 0.1) is 6.92 Å². The fourth-order valence-electron chi connectivity index (χ4n) is 1.75. The van der Waals surface area contributed by atoms with E-state index in [1.54, 1.807) is 0 Å². The van der Waals surface area contributed by atoms with Gasteiger partial charge in [0.25, 0.3) is 0 Å². The Balaban J connectivity index is 2.20. The molecule has 1 saturated carbocycles. The molecule has 0 amide bonds. The van der Waals surface area contributed by atoms with Crippen LogP contribution in [-0.2, 0) is 0 Å². The van der Waals surface area contributed by atoms with Crippen LogP contribution in [0.5, 0.6) is 0 Å². The summed E-state index contributed by atoms with van der Waals surface area (Å²) in [5.41, 5.74) is 1.11. The molecular formula is C10H17N3. The third kappa shape index (κ3) is 1.55. The normalized spacial score (nSPS) is 17.1. The number of nitrogens with zero attached hydrogens (tertiary/aromatic N) is 2. The lowest BCUT2D eigenvalue weighted by Gasteiger charge is -2.28. The van der Waals surface area contributed by atoms with Gasteiger partial charge in [-0.15, -0.1) is 0 Å². The highest BCUT2D eigenvalue weighted by Crippen LogP contribution is 2.33. The zero-order valence-corrected chi connectivity index (χ0v) is 8.38. The number of hydrogen-bond acceptors (Lipinski definition) is 2. The lowest BCUT2D eigenvalue weighted by atomic mass is 9.93. The van der Waals surface area contributed by atoms with E-state index in [2.05, 4.69) is 34.9 Å². The fourth-order valence-corrected chi connectivity index (χ4v) is 1.75. The Morgan fingerprint density at radius 2 is 2.38 bits per heavy atom. The molecule has 1 aliphatic rings. The number of aryl methyl sites for hydroxylation is 1. The van der Waals surface area contributed by atoms with Crippen molar-refractivity contribution in [3.05, 3.63) is 11.9 Å². The van der Waals surface area contributed by atoms with Gasteiger partial charge in [-0.1, -0.05) is 0 Å². The molecule has 72 valence electrons. The first-order chi connectivity index (χ1) is 6.31. The lowest BCUT2D eigenvalue weighted by Crippen LogP contribution is -2.18. The maximum absolute atomic E-state index is 4.46. The summed E-state index contributed by atoms with van der Waals surface area (Å²) in [6, 6.07) is 0.704. The van der Waals surface area contributed by atoms with E-state index in [9.17, 15) is 0 Å². The van der Waals surface area contributed by atoms with Crippen LogP contribution in [0.15, 0.2) is 6.20 Å². The van der Waals surface area contributed by atoms with E-state index in [0.29, 0.717) is 6.04 Å². The zero-order valence-electron chi connectivity index (χ0n) is 8.38. The van der Waals surface area contributed by atoms with Gasteiger partial charge in [0.2, 0.25) is 5.95 Å². The molecule has 2 rings (SSSR count). The molecule has 13 heavy (non-hydrogen) atoms. The summed E-state index contributed by atoms with van der Waals surface area (Å²) in [5, 5.41) is 3.30. The minimum Gasteiger partial charge on any atom is -0.356 e. The highest BCUT2D eigenvalue weighted by atomic mass is 15.2. The topological polar surface area (TPSA) is 29.9 Å². The first-order valence-corrected chi connectivity index (χ1v) is 5.10. The van der Waals surface area contributed by atoms with Gasteiger partial charge in [0.15, 0.2) is 0 Å². The lowest BCUT2D eigenvalue weighted by molar-refractivity contribution is 0.316. The van der Waals surface area contributed by atoms with Crippen LogP contribution in [0.4, 0.5) is 5.95 Å². The molecule has 3 heteroatoms. The first-order valence-electron chi connectivity index (χ1n) is 5.10. The average Bonchev–Trinajstić information content (AvgIpc) is 2.29. The quantitative estimate of drug-likeness (QED) is 0.772. The van der Waals surface area contributed by atoms with Crippen LogP contribution in [0.2, 0.25) is 0 Å². The second-order valence-corrected chi connectivity index (χ2v) is 3.73. The molecule has 0 aliphatic heterocycles. The molecule has 0 bridgehead atoms. The number of aromatic nitrogens is 2. The number of rotatable bonds is 3. The van der Waals surface area contributed by atoms with Gasteiger partial charge >= 0.3 is 0 Å². The van der Waals surface area contributed by atoms with Crippen molar-refractivity contribution in [2.24, 2.45) is 0 Å². The summed E-state index contributed by atoms with van der Waals surface area (Å²) in [6.07, 6.45) is 6.15. The molecule has 1 aliphatic carbocycles. The van der Waals surface area contributed by atoms with E-state index in [1.807, 2.05) is 0 Å². The van der Waals surface area contributed by atoms with Crippen LogP contribution < -0.4 is 5.32 Å². The van der Waals surface area contributed by atoms with Gasteiger partial charge in [-0.3, -0.25) is 0 Å². The monoisotopic (exact) mass is 179 g/mol. The van der Waals surface area contributed by atoms with E-state index >= 15 is 0 Å². The molecule has 0 spiro atoms. The fraction of sp³-hybridized carbons (Fsp3) is 0.700. The second-order valence-electron chi connectivity index (χ2n) is 3.73. The molecule has 3 nitrogen and oxygen atoms in total. The Morgan fingerprint density at radius 1 is 1.62 bits per heavy atom. The standard InChI is InChI=1S/C10H17N3/c1-3-11-10-12-8(2)7-13(10)9-5-4-6-9/h7,9H,3-6H2,1-2H3,(H,11,12). The largest absolute Gasteiger partial charge is 0.356 e. The summed E-state index contributed by atoms with van der Waals surface area (Å²) in [5.74, 6) is 1.05. The van der Waals surface area contributed by atoms with Gasteiger partial charge in [-0.25, -0.2) is 4.98 Å². The van der Waals surface area contributed by atoms with Crippen molar-refractivity contribution in [3.8, 4) is 0 Å². The highest BCUT2D eigenvalue weighted by Gasteiger charge is 2.21. The van der Waals surface area contributed by atoms with Crippen LogP contribution in [-0.4, -0.2) is 16.1 Å². The van der Waals surface area contributed by atoms with Gasteiger partial charge in [-0.2, -0.15) is 0 Å². The molecule has 0 saturated heterocycles. The molecule has 1 N–H and O–H groups in total. The van der Waals surface area contributed by atoms with E-state index < -0.39 is 0 Å². The van der Waals surface area contributed by atoms with E-state index in [4.69, 9.17) is 0 Å². The Hall–Kier alpha value is -0.990. The highest BCUT2D eigenvalue weighted by molar-refractivity contribution is 5.29. The average molecular weight is 179 g/mol. The SMILES string of the molecule is CCNc1nc(C)cn1C1CCC1. The number of hydrogen-bond donors (Lipinski definition) is 1. The van der Waals surface area contributed by atoms with E-state index in [1.165, 1.54) is 19.3 Å². The van der Waals surface area contributed by atoms with Gasteiger partial charge in [0, 0.05) is 18.8 Å². The van der Waals surface area contributed by atoms with E-state index in [-0.39, 0.29) is 0 Å². The summed E-state index contributed by atoms with van der Waals surface area (Å²) < 4.78 is 2.29. The molecule has 1 aromatic heterocycles. The molecule has 0 atom stereocenters. The first kappa shape index (κ1) is 8.60. The van der Waals surface area contributed by atoms with Gasteiger partial charge in [0.05, 0.1) is 5.69 Å². The van der Waals surface area contributed by atoms with Crippen LogP contribution in [0.1, 0.15) is 37.9 Å². The van der Waals surface area contributed by atoms with Crippen molar-refractivity contribution in [1.82, 2.24) is 9.55 Å². The summed E-state index contributed by atoms with van der Waals surface area (Å²) >= 11 is 0. The van der Waals surface area contributed by atoms with Crippen molar-refractivity contribution in [3.63, 3.8) is 0 Å². The number of nitrogens with one attached hydrogen (secondary N) is 1. The Morgan fingerprint density at radius 3 is 2.92 bits per heavy atom. The van der Waals surface area contributed by atoms with Crippen molar-refractivity contribution in [2.75, 3.05) is 11.9 Å². The molecular weight excluding hydrogens is 162 g/mol. The Bertz CT molecular complexity index is 286. The predicted molar refractivity (Wildman–Crippen MR) is 54.0 cm³/mol. The second kappa shape index (κ2) is 3.40. The van der Waals surface area contributed by atoms with E-state index in [0.717, 1.165) is 18.2 Å². The molecule has 0 radical (unpaired) electrons. The maximum atomic E-state index is 4.46. The minimum absolute atomic E-state index is 0.704.